The minimum atomic E-state index is -1.49. The molecule has 1 aliphatic rings. The minimum absolute atomic E-state index is 0.102. The van der Waals surface area contributed by atoms with Crippen molar-refractivity contribution in [1.82, 2.24) is 4.90 Å². The summed E-state index contributed by atoms with van der Waals surface area (Å²) < 4.78 is 33.3. The van der Waals surface area contributed by atoms with Gasteiger partial charge in [0.15, 0.2) is 0 Å². The number of nitrogens with zero attached hydrogens (tertiary/aromatic N) is 1. The van der Waals surface area contributed by atoms with Crippen molar-refractivity contribution in [2.24, 2.45) is 11.8 Å². The minimum Gasteiger partial charge on any atom is -0.463 e. The van der Waals surface area contributed by atoms with E-state index in [1.165, 1.54) is 33.4 Å². The zero-order valence-electron chi connectivity index (χ0n) is 17.0. The fourth-order valence-electron chi connectivity index (χ4n) is 3.22. The Hall–Kier alpha value is -2.85. The third-order valence-corrected chi connectivity index (χ3v) is 4.74. The van der Waals surface area contributed by atoms with Gasteiger partial charge in [0.2, 0.25) is 11.8 Å². The third-order valence-electron chi connectivity index (χ3n) is 4.74. The molecule has 1 saturated heterocycles. The van der Waals surface area contributed by atoms with Crippen LogP contribution in [0.5, 0.6) is 0 Å². The quantitative estimate of drug-likeness (QED) is 0.244. The maximum atomic E-state index is 13.4. The van der Waals surface area contributed by atoms with Crippen LogP contribution in [0.15, 0.2) is 24.3 Å². The van der Waals surface area contributed by atoms with Crippen molar-refractivity contribution in [3.05, 3.63) is 35.6 Å². The number of carbonyl (C=O) groups is 4. The van der Waals surface area contributed by atoms with Gasteiger partial charge in [-0.3, -0.25) is 24.1 Å². The zero-order chi connectivity index (χ0) is 22.3. The van der Waals surface area contributed by atoms with Crippen LogP contribution in [0.25, 0.3) is 0 Å². The van der Waals surface area contributed by atoms with Crippen LogP contribution in [0.4, 0.5) is 4.39 Å². The highest BCUT2D eigenvalue weighted by Gasteiger charge is 2.55. The summed E-state index contributed by atoms with van der Waals surface area (Å²) in [6.07, 6.45) is 0. The van der Waals surface area contributed by atoms with Gasteiger partial charge in [-0.15, -0.1) is 0 Å². The molecular formula is C20H24FNO8. The first kappa shape index (κ1) is 23.4. The lowest BCUT2D eigenvalue weighted by molar-refractivity contribution is -0.171. The Labute approximate surface area is 173 Å². The SMILES string of the molecule is COCCOC(=O)[C@@H]1C(=O)N(C)C(=O)[C@H](C(=O)OCCOC)C1c1ccc(F)cc1. The number of likely N-dealkylation sites (tertiary alicyclic amines) is 1. The fraction of sp³-hybridized carbons (Fsp3) is 0.500. The van der Waals surface area contributed by atoms with E-state index in [2.05, 4.69) is 0 Å². The molecule has 0 aliphatic carbocycles. The van der Waals surface area contributed by atoms with Gasteiger partial charge in [-0.2, -0.15) is 0 Å². The Balaban J connectivity index is 2.46. The highest BCUT2D eigenvalue weighted by molar-refractivity contribution is 6.14. The van der Waals surface area contributed by atoms with Crippen molar-refractivity contribution in [3.8, 4) is 0 Å². The standard InChI is InChI=1S/C20H24FNO8/c1-22-17(23)15(19(25)29-10-8-27-2)14(12-4-6-13(21)7-5-12)16(18(22)24)20(26)30-11-9-28-3/h4-7,14-16H,8-11H2,1-3H3/t14?,15-,16+. The van der Waals surface area contributed by atoms with Crippen molar-refractivity contribution in [2.75, 3.05) is 47.7 Å². The molecule has 0 saturated carbocycles. The number of amides is 2. The number of imide groups is 1. The molecule has 1 aromatic carbocycles. The van der Waals surface area contributed by atoms with Gasteiger partial charge in [0, 0.05) is 27.2 Å². The molecule has 164 valence electrons. The van der Waals surface area contributed by atoms with E-state index in [4.69, 9.17) is 18.9 Å². The van der Waals surface area contributed by atoms with Crippen LogP contribution >= 0.6 is 0 Å². The molecule has 0 bridgehead atoms. The smallest absolute Gasteiger partial charge is 0.319 e. The van der Waals surface area contributed by atoms with Crippen LogP contribution in [0, 0.1) is 17.7 Å². The third kappa shape index (κ3) is 5.19. The number of carbonyl (C=O) groups excluding carboxylic acids is 4. The molecule has 1 aliphatic heterocycles. The first-order valence-electron chi connectivity index (χ1n) is 9.21. The van der Waals surface area contributed by atoms with E-state index in [9.17, 15) is 23.6 Å². The molecule has 1 heterocycles. The Morgan fingerprint density at radius 1 is 0.867 bits per heavy atom. The molecule has 1 fully saturated rings. The number of benzene rings is 1. The van der Waals surface area contributed by atoms with Gasteiger partial charge in [-0.05, 0) is 17.7 Å². The van der Waals surface area contributed by atoms with Crippen molar-refractivity contribution in [2.45, 2.75) is 5.92 Å². The average molecular weight is 425 g/mol. The van der Waals surface area contributed by atoms with Gasteiger partial charge in [0.05, 0.1) is 13.2 Å². The van der Waals surface area contributed by atoms with Crippen molar-refractivity contribution < 1.29 is 42.5 Å². The van der Waals surface area contributed by atoms with Gasteiger partial charge in [0.25, 0.3) is 0 Å². The molecular weight excluding hydrogens is 401 g/mol. The number of methoxy groups -OCH3 is 2. The number of hydrogen-bond acceptors (Lipinski definition) is 8. The van der Waals surface area contributed by atoms with Crippen molar-refractivity contribution >= 4 is 23.8 Å². The monoisotopic (exact) mass is 425 g/mol. The molecule has 2 rings (SSSR count). The van der Waals surface area contributed by atoms with Crippen LogP contribution in [-0.2, 0) is 38.1 Å². The molecule has 0 spiro atoms. The number of rotatable bonds is 9. The van der Waals surface area contributed by atoms with E-state index in [1.54, 1.807) is 0 Å². The van der Waals surface area contributed by atoms with E-state index in [0.29, 0.717) is 4.90 Å². The Morgan fingerprint density at radius 2 is 1.30 bits per heavy atom. The van der Waals surface area contributed by atoms with Gasteiger partial charge < -0.3 is 18.9 Å². The maximum Gasteiger partial charge on any atom is 0.319 e. The molecule has 0 radical (unpaired) electrons. The first-order valence-corrected chi connectivity index (χ1v) is 9.21. The highest BCUT2D eigenvalue weighted by atomic mass is 19.1. The van der Waals surface area contributed by atoms with Gasteiger partial charge in [-0.25, -0.2) is 4.39 Å². The average Bonchev–Trinajstić information content (AvgIpc) is 2.72. The highest BCUT2D eigenvalue weighted by Crippen LogP contribution is 2.40. The number of ether oxygens (including phenoxy) is 4. The van der Waals surface area contributed by atoms with Crippen LogP contribution in [0.1, 0.15) is 11.5 Å². The van der Waals surface area contributed by atoms with Gasteiger partial charge in [-0.1, -0.05) is 12.1 Å². The van der Waals surface area contributed by atoms with Crippen LogP contribution in [0.3, 0.4) is 0 Å². The molecule has 9 nitrogen and oxygen atoms in total. The van der Waals surface area contributed by atoms with E-state index in [1.807, 2.05) is 0 Å². The molecule has 2 amide bonds. The summed E-state index contributed by atoms with van der Waals surface area (Å²) in [4.78, 5) is 51.8. The molecule has 0 aromatic heterocycles. The summed E-state index contributed by atoms with van der Waals surface area (Å²) in [6, 6.07) is 4.86. The van der Waals surface area contributed by atoms with Crippen LogP contribution in [-0.4, -0.2) is 76.3 Å². The number of esters is 2. The van der Waals surface area contributed by atoms with Crippen LogP contribution in [0.2, 0.25) is 0 Å². The predicted molar refractivity (Wildman–Crippen MR) is 99.6 cm³/mol. The topological polar surface area (TPSA) is 108 Å². The van der Waals surface area contributed by atoms with Gasteiger partial charge >= 0.3 is 11.9 Å². The largest absolute Gasteiger partial charge is 0.463 e. The second-order valence-electron chi connectivity index (χ2n) is 6.59. The summed E-state index contributed by atoms with van der Waals surface area (Å²) in [6.45, 7) is -0.0258. The maximum absolute atomic E-state index is 13.4. The summed E-state index contributed by atoms with van der Waals surface area (Å²) in [5.41, 5.74) is 0.258. The summed E-state index contributed by atoms with van der Waals surface area (Å²) >= 11 is 0. The lowest BCUT2D eigenvalue weighted by atomic mass is 9.72. The first-order chi connectivity index (χ1) is 14.3. The molecule has 3 atom stereocenters. The second kappa shape index (κ2) is 10.8. The lowest BCUT2D eigenvalue weighted by Crippen LogP contribution is -2.56. The summed E-state index contributed by atoms with van der Waals surface area (Å²) in [5, 5.41) is 0. The summed E-state index contributed by atoms with van der Waals surface area (Å²) in [5.74, 6) is -8.23. The molecule has 1 aromatic rings. The fourth-order valence-corrected chi connectivity index (χ4v) is 3.22. The number of piperidine rings is 1. The summed E-state index contributed by atoms with van der Waals surface area (Å²) in [7, 11) is 4.01. The van der Waals surface area contributed by atoms with Crippen molar-refractivity contribution in [1.29, 1.82) is 0 Å². The van der Waals surface area contributed by atoms with Crippen molar-refractivity contribution in [3.63, 3.8) is 0 Å². The molecule has 0 N–H and O–H groups in total. The normalized spacial score (nSPS) is 21.5. The predicted octanol–water partition coefficient (Wildman–Crippen LogP) is 0.520. The van der Waals surface area contributed by atoms with E-state index < -0.39 is 47.3 Å². The number of halogens is 1. The van der Waals surface area contributed by atoms with E-state index in [0.717, 1.165) is 12.1 Å². The second-order valence-corrected chi connectivity index (χ2v) is 6.59. The Bertz CT molecular complexity index is 740. The Morgan fingerprint density at radius 3 is 1.70 bits per heavy atom. The van der Waals surface area contributed by atoms with E-state index >= 15 is 0 Å². The lowest BCUT2D eigenvalue weighted by Gasteiger charge is -2.38. The molecule has 1 unspecified atom stereocenters. The number of hydrogen-bond donors (Lipinski definition) is 0. The van der Waals surface area contributed by atoms with E-state index in [-0.39, 0.29) is 32.0 Å². The zero-order valence-corrected chi connectivity index (χ0v) is 17.0. The Kier molecular flexibility index (Phi) is 8.43. The van der Waals surface area contributed by atoms with Crippen LogP contribution < -0.4 is 0 Å². The molecule has 10 heteroatoms. The molecule has 30 heavy (non-hydrogen) atoms. The van der Waals surface area contributed by atoms with Gasteiger partial charge in [0.1, 0.15) is 30.9 Å².